The molecule has 1 heterocycles. The highest BCUT2D eigenvalue weighted by Crippen LogP contribution is 2.38. The first-order chi connectivity index (χ1) is 43.1. The number of rotatable bonds is 29. The topological polar surface area (TPSA) is 273 Å². The molecule has 510 valence electrons. The summed E-state index contributed by atoms with van der Waals surface area (Å²) in [4.78, 5) is 163. The molecule has 0 spiro atoms. The number of halogens is 5. The average molecular weight is 1330 g/mol. The summed E-state index contributed by atoms with van der Waals surface area (Å²) in [6, 6.07) is 1.86. The van der Waals surface area contributed by atoms with Gasteiger partial charge in [-0.3, -0.25) is 52.7 Å². The Morgan fingerprint density at radius 1 is 0.696 bits per heavy atom. The molecule has 2 aromatic rings. The summed E-state index contributed by atoms with van der Waals surface area (Å²) in [5.41, 5.74) is 3.61. The van der Waals surface area contributed by atoms with Gasteiger partial charge in [0.25, 0.3) is 0 Å². The highest BCUT2D eigenvalue weighted by Gasteiger charge is 2.50. The van der Waals surface area contributed by atoms with Crippen LogP contribution in [0.2, 0.25) is 10.0 Å². The third-order valence-corrected chi connectivity index (χ3v) is 19.8. The zero-order valence-corrected chi connectivity index (χ0v) is 56.6. The molecule has 2 saturated carbocycles. The molecule has 9 atom stereocenters. The number of hydrogen-bond acceptors (Lipinski definition) is 11. The van der Waals surface area contributed by atoms with Gasteiger partial charge in [0.05, 0.1) is 23.7 Å². The van der Waals surface area contributed by atoms with Crippen LogP contribution in [-0.4, -0.2) is 209 Å². The van der Waals surface area contributed by atoms with Gasteiger partial charge >= 0.3 is 6.18 Å². The van der Waals surface area contributed by atoms with Crippen LogP contribution in [0.15, 0.2) is 42.5 Å². The molecule has 3 aliphatic rings. The van der Waals surface area contributed by atoms with Crippen molar-refractivity contribution in [1.82, 2.24) is 50.2 Å². The lowest BCUT2D eigenvalue weighted by molar-refractivity contribution is -0.150. The van der Waals surface area contributed by atoms with Gasteiger partial charge in [-0.05, 0) is 113 Å². The minimum atomic E-state index is -4.76. The van der Waals surface area contributed by atoms with Gasteiger partial charge in [0.2, 0.25) is 65.0 Å². The Morgan fingerprint density at radius 3 is 1.90 bits per heavy atom. The van der Waals surface area contributed by atoms with Gasteiger partial charge in [-0.15, -0.1) is 0 Å². The van der Waals surface area contributed by atoms with Gasteiger partial charge in [-0.2, -0.15) is 13.2 Å². The Balaban J connectivity index is 1.39. The minimum Gasteiger partial charge on any atom is -0.368 e. The number of carbonyl (C=O) groups is 11. The van der Waals surface area contributed by atoms with Crippen LogP contribution in [0.4, 0.5) is 13.2 Å². The van der Waals surface area contributed by atoms with E-state index in [9.17, 15) is 56.3 Å². The van der Waals surface area contributed by atoms with E-state index in [4.69, 9.17) is 28.9 Å². The van der Waals surface area contributed by atoms with Gasteiger partial charge < -0.3 is 56.0 Å². The molecule has 22 nitrogen and oxygen atoms in total. The molecule has 11 amide bonds. The maximum Gasteiger partial charge on any atom is 0.417 e. The molecule has 0 bridgehead atoms. The molecule has 0 unspecified atom stereocenters. The van der Waals surface area contributed by atoms with Crippen molar-refractivity contribution < 1.29 is 65.9 Å². The summed E-state index contributed by atoms with van der Waals surface area (Å²) in [7, 11) is 8.56. The van der Waals surface area contributed by atoms with Crippen molar-refractivity contribution in [3.05, 3.63) is 69.2 Å². The first-order valence-electron chi connectivity index (χ1n) is 31.7. The SMILES string of the molecule is CC[C@H](C)[C@H](C)C(=O)N(C)CC(=O)N(C)CC(=O)N(C)[C@@H](Cc1ccccc1Cl)C(=O)N(C)[C@H](C)C(=O)N[C@@H](CCc1ccc(C(F)(F)F)c(Cl)c1)C(=O)N1CCC[C@H]1C(=O)NC1(C(=O)N(C)[C@H](C(=O)N[C@H](C)CC(=O)N(C)[C@@H](C)C(N)=O)C2CCCC2)CCCC1. The van der Waals surface area contributed by atoms with Crippen molar-refractivity contribution in [2.24, 2.45) is 23.5 Å². The van der Waals surface area contributed by atoms with Gasteiger partial charge in [0.1, 0.15) is 41.8 Å². The highest BCUT2D eigenvalue weighted by atomic mass is 35.5. The van der Waals surface area contributed by atoms with E-state index in [1.807, 2.05) is 13.8 Å². The quantitative estimate of drug-likeness (QED) is 0.0777. The zero-order valence-electron chi connectivity index (χ0n) is 55.1. The van der Waals surface area contributed by atoms with Gasteiger partial charge in [0, 0.05) is 78.7 Å². The second-order valence-electron chi connectivity index (χ2n) is 25.5. The number of likely N-dealkylation sites (tertiary alicyclic amines) is 1. The molecule has 5 rings (SSSR count). The molecule has 2 aromatic carbocycles. The molecule has 1 aliphatic heterocycles. The zero-order chi connectivity index (χ0) is 68.9. The lowest BCUT2D eigenvalue weighted by Crippen LogP contribution is -2.64. The standard InChI is InChI=1S/C65H94Cl2F3N11O11/c1-13-38(2)40(4)60(89)76(8)36-53(83)75(7)37-54(84)79(11)51(35-45-23-16-17-24-47(45)66)62(91)78(10)42(6)57(86)73-49(29-27-43-26-28-46(48(67)34-43)65(68,69)70)61(90)81-32-20-25-50(81)58(87)74-64(30-18-19-31-64)63(92)80(12)55(44-21-14-15-22-44)59(88)72-39(3)33-52(82)77(9)41(5)56(71)85/h16-17,23-24,26,28,34,38-42,44,49-51,55H,13-15,18-22,25,27,29-33,35-37H2,1-12H3,(H2,71,85)(H,72,88)(H,73,86)(H,74,87)/t38-,39+,40-,41-,42+,49-,50-,51-,55-/m0/s1. The smallest absolute Gasteiger partial charge is 0.368 e. The Morgan fingerprint density at radius 2 is 1.32 bits per heavy atom. The Kier molecular flexibility index (Phi) is 27.3. The van der Waals surface area contributed by atoms with E-state index in [2.05, 4.69) is 16.0 Å². The summed E-state index contributed by atoms with van der Waals surface area (Å²) < 4.78 is 41.4. The number of benzene rings is 2. The van der Waals surface area contributed by atoms with Crippen LogP contribution in [0, 0.1) is 17.8 Å². The first-order valence-corrected chi connectivity index (χ1v) is 32.5. The number of primary amides is 1. The lowest BCUT2D eigenvalue weighted by Gasteiger charge is -2.40. The second kappa shape index (κ2) is 33.2. The summed E-state index contributed by atoms with van der Waals surface area (Å²) >= 11 is 12.7. The molecular formula is C65H94Cl2F3N11O11. The van der Waals surface area contributed by atoms with Crippen molar-refractivity contribution in [3.8, 4) is 0 Å². The van der Waals surface area contributed by atoms with Crippen LogP contribution in [-0.2, 0) is 71.8 Å². The Labute approximate surface area is 548 Å². The van der Waals surface area contributed by atoms with Crippen LogP contribution < -0.4 is 21.7 Å². The van der Waals surface area contributed by atoms with E-state index in [-0.39, 0.29) is 92.3 Å². The summed E-state index contributed by atoms with van der Waals surface area (Å²) in [6.07, 6.45) is 0.291. The van der Waals surface area contributed by atoms with Gasteiger partial charge in [0.15, 0.2) is 0 Å². The summed E-state index contributed by atoms with van der Waals surface area (Å²) in [5.74, 6) is -7.07. The van der Waals surface area contributed by atoms with Crippen LogP contribution in [0.1, 0.15) is 142 Å². The van der Waals surface area contributed by atoms with Gasteiger partial charge in [-0.25, -0.2) is 0 Å². The van der Waals surface area contributed by atoms with Crippen LogP contribution in [0.5, 0.6) is 0 Å². The van der Waals surface area contributed by atoms with E-state index >= 15 is 9.59 Å². The average Bonchev–Trinajstić information content (AvgIpc) is 1.59. The maximum absolute atomic E-state index is 15.1. The van der Waals surface area contributed by atoms with Crippen LogP contribution in [0.3, 0.4) is 0 Å². The predicted octanol–water partition coefficient (Wildman–Crippen LogP) is 5.61. The van der Waals surface area contributed by atoms with Crippen molar-refractivity contribution in [1.29, 1.82) is 0 Å². The molecule has 2 aliphatic carbocycles. The molecular weight excluding hydrogens is 1240 g/mol. The number of amides is 11. The fraction of sp³-hybridized carbons (Fsp3) is 0.646. The number of likely N-dealkylation sites (N-methyl/N-ethyl adjacent to an activating group) is 6. The number of carbonyl (C=O) groups excluding carboxylic acids is 11. The van der Waals surface area contributed by atoms with Crippen LogP contribution in [0.25, 0.3) is 0 Å². The van der Waals surface area contributed by atoms with Crippen molar-refractivity contribution in [3.63, 3.8) is 0 Å². The first kappa shape index (κ1) is 75.7. The second-order valence-corrected chi connectivity index (χ2v) is 26.4. The van der Waals surface area contributed by atoms with E-state index in [1.165, 1.54) is 81.8 Å². The predicted molar refractivity (Wildman–Crippen MR) is 341 cm³/mol. The maximum atomic E-state index is 15.1. The molecule has 3 fully saturated rings. The molecule has 1 saturated heterocycles. The molecule has 0 radical (unpaired) electrons. The third-order valence-electron chi connectivity index (χ3n) is 19.1. The van der Waals surface area contributed by atoms with E-state index in [0.717, 1.165) is 46.1 Å². The monoisotopic (exact) mass is 1330 g/mol. The molecule has 92 heavy (non-hydrogen) atoms. The summed E-state index contributed by atoms with van der Waals surface area (Å²) in [6.45, 7) is 9.45. The molecule has 5 N–H and O–H groups in total. The van der Waals surface area contributed by atoms with Gasteiger partial charge in [-0.1, -0.05) is 100 Å². The lowest BCUT2D eigenvalue weighted by atomic mass is 9.90. The Bertz CT molecular complexity index is 3020. The number of alkyl halides is 3. The van der Waals surface area contributed by atoms with Crippen molar-refractivity contribution >= 4 is 88.2 Å². The Hall–Kier alpha value is -7.02. The van der Waals surface area contributed by atoms with Crippen molar-refractivity contribution in [2.75, 3.05) is 61.9 Å². The highest BCUT2D eigenvalue weighted by molar-refractivity contribution is 6.31. The molecule has 0 aromatic heterocycles. The number of nitrogens with one attached hydrogen (secondary N) is 3. The van der Waals surface area contributed by atoms with E-state index in [0.29, 0.717) is 37.7 Å². The van der Waals surface area contributed by atoms with Crippen LogP contribution >= 0.6 is 23.2 Å². The number of aryl methyl sites for hydroxylation is 1. The fourth-order valence-electron chi connectivity index (χ4n) is 12.4. The number of nitrogens with zero attached hydrogens (tertiary/aromatic N) is 7. The van der Waals surface area contributed by atoms with E-state index < -0.39 is 130 Å². The normalized spacial score (nSPS) is 18.2. The number of nitrogens with two attached hydrogens (primary N) is 1. The van der Waals surface area contributed by atoms with E-state index in [1.54, 1.807) is 38.1 Å². The summed E-state index contributed by atoms with van der Waals surface area (Å²) in [5, 5.41) is 8.37. The van der Waals surface area contributed by atoms with Crippen molar-refractivity contribution in [2.45, 2.75) is 192 Å². The fourth-order valence-corrected chi connectivity index (χ4v) is 12.9. The third kappa shape index (κ3) is 19.1. The number of hydrogen-bond donors (Lipinski definition) is 4. The molecule has 27 heteroatoms. The minimum absolute atomic E-state index is 0.0309. The largest absolute Gasteiger partial charge is 0.417 e.